The predicted octanol–water partition coefficient (Wildman–Crippen LogP) is 3.23. The van der Waals surface area contributed by atoms with Gasteiger partial charge in [-0.05, 0) is 31.5 Å². The van der Waals surface area contributed by atoms with Crippen molar-refractivity contribution < 1.29 is 29.3 Å². The molecule has 0 unspecified atom stereocenters. The summed E-state index contributed by atoms with van der Waals surface area (Å²) in [7, 11) is 0. The minimum Gasteiger partial charge on any atom is -0.507 e. The van der Waals surface area contributed by atoms with Crippen LogP contribution in [0.25, 0.3) is 0 Å². The van der Waals surface area contributed by atoms with Crippen molar-refractivity contribution in [1.82, 2.24) is 9.55 Å². The number of carboxylic acids is 1. The summed E-state index contributed by atoms with van der Waals surface area (Å²) in [6.07, 6.45) is 5.72. The highest BCUT2D eigenvalue weighted by molar-refractivity contribution is 6.07. The van der Waals surface area contributed by atoms with Gasteiger partial charge in [-0.3, -0.25) is 9.59 Å². The van der Waals surface area contributed by atoms with Crippen LogP contribution in [0.1, 0.15) is 66.1 Å². The molecular weight excluding hydrogens is 390 g/mol. The first-order chi connectivity index (χ1) is 14.3. The van der Waals surface area contributed by atoms with Crippen molar-refractivity contribution in [2.45, 2.75) is 52.5 Å². The quantitative estimate of drug-likeness (QED) is 0.378. The number of nitrogens with zero attached hydrogens (tertiary/aromatic N) is 2. The Hall–Kier alpha value is -3.36. The number of nitrogens with one attached hydrogen (secondary N) is 1. The van der Waals surface area contributed by atoms with Gasteiger partial charge < -0.3 is 24.8 Å². The lowest BCUT2D eigenvalue weighted by molar-refractivity contribution is -0.142. The Morgan fingerprint density at radius 3 is 2.60 bits per heavy atom. The molecule has 3 N–H and O–H groups in total. The number of aromatic carboxylic acids is 1. The van der Waals surface area contributed by atoms with E-state index in [1.807, 2.05) is 0 Å². The minimum atomic E-state index is -1.21. The van der Waals surface area contributed by atoms with Crippen molar-refractivity contribution in [1.29, 1.82) is 0 Å². The molecule has 1 heterocycles. The van der Waals surface area contributed by atoms with E-state index in [1.165, 1.54) is 6.07 Å². The Balaban J connectivity index is 2.20. The highest BCUT2D eigenvalue weighted by Gasteiger charge is 2.18. The second-order valence-electron chi connectivity index (χ2n) is 6.77. The molecule has 0 bridgehead atoms. The van der Waals surface area contributed by atoms with Crippen LogP contribution in [0.5, 0.6) is 5.75 Å². The number of aromatic nitrogens is 2. The van der Waals surface area contributed by atoms with Crippen LogP contribution in [0.4, 0.5) is 5.82 Å². The molecule has 2 rings (SSSR count). The molecule has 9 heteroatoms. The van der Waals surface area contributed by atoms with Crippen molar-refractivity contribution >= 4 is 23.7 Å². The molecule has 0 fully saturated rings. The van der Waals surface area contributed by atoms with Gasteiger partial charge in [0, 0.05) is 12.7 Å². The Morgan fingerprint density at radius 2 is 1.93 bits per heavy atom. The lowest BCUT2D eigenvalue weighted by atomic mass is 10.1. The first kappa shape index (κ1) is 22.9. The molecule has 1 aromatic heterocycles. The number of unbranched alkanes of at least 4 members (excludes halogenated alkanes) is 3. The van der Waals surface area contributed by atoms with Gasteiger partial charge in [-0.15, -0.1) is 0 Å². The van der Waals surface area contributed by atoms with Crippen LogP contribution < -0.4 is 5.32 Å². The van der Waals surface area contributed by atoms with Gasteiger partial charge in [0.25, 0.3) is 5.91 Å². The number of phenolic OH excluding ortho intramolecular Hbond substituents is 1. The minimum absolute atomic E-state index is 0.0305. The summed E-state index contributed by atoms with van der Waals surface area (Å²) >= 11 is 0. The highest BCUT2D eigenvalue weighted by atomic mass is 16.5. The van der Waals surface area contributed by atoms with Gasteiger partial charge in [0.2, 0.25) is 0 Å². The maximum atomic E-state index is 12.5. The number of phenols is 1. The molecule has 0 spiro atoms. The van der Waals surface area contributed by atoms with E-state index in [-0.39, 0.29) is 35.7 Å². The summed E-state index contributed by atoms with van der Waals surface area (Å²) in [6.45, 7) is 4.74. The molecular formula is C21H27N3O6. The molecule has 0 radical (unpaired) electrons. The molecule has 2 aromatic rings. The summed E-state index contributed by atoms with van der Waals surface area (Å²) in [4.78, 5) is 39.9. The van der Waals surface area contributed by atoms with Crippen LogP contribution >= 0.6 is 0 Å². The zero-order chi connectivity index (χ0) is 22.1. The van der Waals surface area contributed by atoms with Gasteiger partial charge in [-0.25, -0.2) is 9.78 Å². The third-order valence-corrected chi connectivity index (χ3v) is 4.45. The number of carboxylic acid groups (broad SMARTS) is 1. The monoisotopic (exact) mass is 417 g/mol. The number of benzene rings is 1. The smallest absolute Gasteiger partial charge is 0.335 e. The fourth-order valence-corrected chi connectivity index (χ4v) is 2.93. The largest absolute Gasteiger partial charge is 0.507 e. The van der Waals surface area contributed by atoms with Crippen molar-refractivity contribution in [2.75, 3.05) is 11.9 Å². The van der Waals surface area contributed by atoms with E-state index in [1.54, 1.807) is 17.7 Å². The first-order valence-corrected chi connectivity index (χ1v) is 9.95. The topological polar surface area (TPSA) is 131 Å². The van der Waals surface area contributed by atoms with Crippen LogP contribution in [0.3, 0.4) is 0 Å². The maximum Gasteiger partial charge on any atom is 0.335 e. The number of carbonyl (C=O) groups is 3. The van der Waals surface area contributed by atoms with Crippen molar-refractivity contribution in [2.24, 2.45) is 0 Å². The normalized spacial score (nSPS) is 10.6. The second kappa shape index (κ2) is 11.0. The number of amides is 1. The van der Waals surface area contributed by atoms with Crippen LogP contribution in [0, 0.1) is 0 Å². The molecule has 30 heavy (non-hydrogen) atoms. The van der Waals surface area contributed by atoms with E-state index < -0.39 is 17.8 Å². The number of aryl methyl sites for hydroxylation is 1. The molecule has 0 saturated heterocycles. The Labute approximate surface area is 174 Å². The lowest BCUT2D eigenvalue weighted by Crippen LogP contribution is -2.14. The van der Waals surface area contributed by atoms with E-state index >= 15 is 0 Å². The zero-order valence-corrected chi connectivity index (χ0v) is 17.2. The molecule has 0 saturated carbocycles. The van der Waals surface area contributed by atoms with Gasteiger partial charge in [-0.1, -0.05) is 26.2 Å². The molecule has 9 nitrogen and oxygen atoms in total. The summed E-state index contributed by atoms with van der Waals surface area (Å²) in [6, 6.07) is 3.45. The number of ether oxygens (including phenoxy) is 1. The number of esters is 1. The Morgan fingerprint density at radius 1 is 1.17 bits per heavy atom. The standard InChI is InChI=1S/C21H27N3O6/c1-3-5-6-7-10-24-13-17(22-18(24)12-19(26)30-4-2)23-20(27)15-11-14(21(28)29)8-9-16(15)25/h8-9,11,13,25H,3-7,10,12H2,1-2H3,(H,23,27)(H,28,29). The van der Waals surface area contributed by atoms with E-state index in [4.69, 9.17) is 9.84 Å². The number of carbonyl (C=O) groups excluding carboxylic acids is 2. The molecule has 1 aromatic carbocycles. The average molecular weight is 417 g/mol. The molecule has 0 aliphatic carbocycles. The number of hydrogen-bond donors (Lipinski definition) is 3. The van der Waals surface area contributed by atoms with Gasteiger partial charge in [-0.2, -0.15) is 0 Å². The number of rotatable bonds is 11. The van der Waals surface area contributed by atoms with Crippen LogP contribution in [0.2, 0.25) is 0 Å². The van der Waals surface area contributed by atoms with Gasteiger partial charge in [0.15, 0.2) is 5.82 Å². The fraction of sp³-hybridized carbons (Fsp3) is 0.429. The lowest BCUT2D eigenvalue weighted by Gasteiger charge is -2.07. The number of imidazole rings is 1. The van der Waals surface area contributed by atoms with Crippen LogP contribution in [-0.2, 0) is 22.5 Å². The molecule has 0 aliphatic rings. The van der Waals surface area contributed by atoms with Gasteiger partial charge >= 0.3 is 11.9 Å². The van der Waals surface area contributed by atoms with E-state index in [0.29, 0.717) is 12.4 Å². The summed E-state index contributed by atoms with van der Waals surface area (Å²) < 4.78 is 6.79. The van der Waals surface area contributed by atoms with E-state index in [0.717, 1.165) is 37.8 Å². The molecule has 0 aliphatic heterocycles. The maximum absolute atomic E-state index is 12.5. The zero-order valence-electron chi connectivity index (χ0n) is 17.2. The predicted molar refractivity (Wildman–Crippen MR) is 110 cm³/mol. The molecule has 1 amide bonds. The summed E-state index contributed by atoms with van der Waals surface area (Å²) in [5.41, 5.74) is -0.304. The van der Waals surface area contributed by atoms with Crippen molar-refractivity contribution in [3.8, 4) is 5.75 Å². The highest BCUT2D eigenvalue weighted by Crippen LogP contribution is 2.21. The van der Waals surface area contributed by atoms with Gasteiger partial charge in [0.05, 0.1) is 17.7 Å². The van der Waals surface area contributed by atoms with Crippen LogP contribution in [-0.4, -0.2) is 44.2 Å². The van der Waals surface area contributed by atoms with Crippen molar-refractivity contribution in [3.63, 3.8) is 0 Å². The fourth-order valence-electron chi connectivity index (χ4n) is 2.93. The van der Waals surface area contributed by atoms with Gasteiger partial charge in [0.1, 0.15) is 18.0 Å². The average Bonchev–Trinajstić information content (AvgIpc) is 3.06. The SMILES string of the molecule is CCCCCCn1cc(NC(=O)c2cc(C(=O)O)ccc2O)nc1CC(=O)OCC. The summed E-state index contributed by atoms with van der Waals surface area (Å²) in [5, 5.41) is 21.6. The Bertz CT molecular complexity index is 906. The molecule has 0 atom stereocenters. The second-order valence-corrected chi connectivity index (χ2v) is 6.77. The number of anilines is 1. The van der Waals surface area contributed by atoms with Crippen molar-refractivity contribution in [3.05, 3.63) is 41.3 Å². The summed E-state index contributed by atoms with van der Waals surface area (Å²) in [5.74, 6) is -2.00. The number of hydrogen-bond acceptors (Lipinski definition) is 6. The van der Waals surface area contributed by atoms with Crippen LogP contribution in [0.15, 0.2) is 24.4 Å². The third-order valence-electron chi connectivity index (χ3n) is 4.45. The Kier molecular flexibility index (Phi) is 8.40. The number of aromatic hydroxyl groups is 1. The molecule has 162 valence electrons. The van der Waals surface area contributed by atoms with E-state index in [9.17, 15) is 19.5 Å². The van der Waals surface area contributed by atoms with E-state index in [2.05, 4.69) is 17.2 Å². The first-order valence-electron chi connectivity index (χ1n) is 9.95. The third kappa shape index (κ3) is 6.33.